The highest BCUT2D eigenvalue weighted by Gasteiger charge is 2.16. The lowest BCUT2D eigenvalue weighted by Crippen LogP contribution is -2.32. The third-order valence-corrected chi connectivity index (χ3v) is 3.17. The molecule has 0 aliphatic heterocycles. The summed E-state index contributed by atoms with van der Waals surface area (Å²) in [7, 11) is 0. The molecule has 0 spiro atoms. The number of nitrogens with one attached hydrogen (secondary N) is 2. The Kier molecular flexibility index (Phi) is 4.52. The molecular weight excluding hydrogens is 244 g/mol. The summed E-state index contributed by atoms with van der Waals surface area (Å²) in [5, 5.41) is 2.65. The molecule has 19 heavy (non-hydrogen) atoms. The SMILES string of the molecule is CC(=O)c1ccc(NC(=O)NOC2CCCC2)cc1. The molecule has 0 unspecified atom stereocenters. The Labute approximate surface area is 112 Å². The lowest BCUT2D eigenvalue weighted by Gasteiger charge is -2.12. The number of hydrogen-bond donors (Lipinski definition) is 2. The molecule has 0 saturated heterocycles. The van der Waals surface area contributed by atoms with Crippen molar-refractivity contribution in [3.63, 3.8) is 0 Å². The van der Waals surface area contributed by atoms with E-state index in [0.717, 1.165) is 25.7 Å². The molecule has 1 fully saturated rings. The fourth-order valence-electron chi connectivity index (χ4n) is 2.09. The highest BCUT2D eigenvalue weighted by Crippen LogP contribution is 2.19. The van der Waals surface area contributed by atoms with Gasteiger partial charge in [-0.25, -0.2) is 10.3 Å². The number of hydrogen-bond acceptors (Lipinski definition) is 3. The van der Waals surface area contributed by atoms with Gasteiger partial charge in [0.1, 0.15) is 0 Å². The first-order valence-electron chi connectivity index (χ1n) is 6.49. The standard InChI is InChI=1S/C14H18N2O3/c1-10(17)11-6-8-12(9-7-11)15-14(18)16-19-13-4-2-3-5-13/h6-9,13H,2-5H2,1H3,(H2,15,16,18). The average Bonchev–Trinajstić information content (AvgIpc) is 2.90. The molecule has 1 aliphatic carbocycles. The molecular formula is C14H18N2O3. The molecule has 0 aromatic heterocycles. The topological polar surface area (TPSA) is 67.4 Å². The van der Waals surface area contributed by atoms with Crippen LogP contribution in [0.25, 0.3) is 0 Å². The summed E-state index contributed by atoms with van der Waals surface area (Å²) in [6.45, 7) is 1.50. The molecule has 0 bridgehead atoms. The molecule has 102 valence electrons. The monoisotopic (exact) mass is 262 g/mol. The smallest absolute Gasteiger partial charge is 0.306 e. The van der Waals surface area contributed by atoms with Crippen molar-refractivity contribution in [1.82, 2.24) is 5.48 Å². The third-order valence-electron chi connectivity index (χ3n) is 3.17. The number of rotatable bonds is 4. The number of amides is 2. The summed E-state index contributed by atoms with van der Waals surface area (Å²) < 4.78 is 0. The Morgan fingerprint density at radius 1 is 1.16 bits per heavy atom. The second-order valence-corrected chi connectivity index (χ2v) is 4.71. The van der Waals surface area contributed by atoms with Crippen molar-refractivity contribution in [2.75, 3.05) is 5.32 Å². The fourth-order valence-corrected chi connectivity index (χ4v) is 2.09. The van der Waals surface area contributed by atoms with Crippen LogP contribution in [0, 0.1) is 0 Å². The van der Waals surface area contributed by atoms with E-state index >= 15 is 0 Å². The van der Waals surface area contributed by atoms with Gasteiger partial charge in [0.05, 0.1) is 6.10 Å². The van der Waals surface area contributed by atoms with Gasteiger partial charge < -0.3 is 5.32 Å². The summed E-state index contributed by atoms with van der Waals surface area (Å²) >= 11 is 0. The maximum Gasteiger partial charge on any atom is 0.343 e. The van der Waals surface area contributed by atoms with Crippen LogP contribution in [0.3, 0.4) is 0 Å². The zero-order valence-corrected chi connectivity index (χ0v) is 10.9. The highest BCUT2D eigenvalue weighted by molar-refractivity contribution is 5.95. The lowest BCUT2D eigenvalue weighted by molar-refractivity contribution is 0.00336. The average molecular weight is 262 g/mol. The van der Waals surface area contributed by atoms with Crippen molar-refractivity contribution in [3.05, 3.63) is 29.8 Å². The van der Waals surface area contributed by atoms with Gasteiger partial charge in [-0.05, 0) is 44.0 Å². The van der Waals surface area contributed by atoms with Crippen LogP contribution in [-0.4, -0.2) is 17.9 Å². The Morgan fingerprint density at radius 3 is 2.37 bits per heavy atom. The van der Waals surface area contributed by atoms with Crippen molar-refractivity contribution in [2.45, 2.75) is 38.7 Å². The maximum absolute atomic E-state index is 11.6. The number of ketones is 1. The van der Waals surface area contributed by atoms with Crippen LogP contribution in [-0.2, 0) is 4.84 Å². The number of benzene rings is 1. The first-order valence-corrected chi connectivity index (χ1v) is 6.49. The summed E-state index contributed by atoms with van der Waals surface area (Å²) in [6.07, 6.45) is 4.42. The predicted molar refractivity (Wildman–Crippen MR) is 71.9 cm³/mol. The maximum atomic E-state index is 11.6. The second kappa shape index (κ2) is 6.33. The first kappa shape index (κ1) is 13.5. The zero-order chi connectivity index (χ0) is 13.7. The van der Waals surface area contributed by atoms with Crippen LogP contribution in [0.1, 0.15) is 43.0 Å². The van der Waals surface area contributed by atoms with Crippen molar-refractivity contribution < 1.29 is 14.4 Å². The van der Waals surface area contributed by atoms with E-state index in [4.69, 9.17) is 4.84 Å². The van der Waals surface area contributed by atoms with E-state index in [-0.39, 0.29) is 11.9 Å². The number of carbonyl (C=O) groups is 2. The lowest BCUT2D eigenvalue weighted by atomic mass is 10.1. The minimum absolute atomic E-state index is 0.000526. The van der Waals surface area contributed by atoms with Crippen LogP contribution >= 0.6 is 0 Å². The van der Waals surface area contributed by atoms with Crippen LogP contribution in [0.4, 0.5) is 10.5 Å². The molecule has 5 heteroatoms. The van der Waals surface area contributed by atoms with E-state index in [1.807, 2.05) is 0 Å². The molecule has 1 aromatic carbocycles. The quantitative estimate of drug-likeness (QED) is 0.647. The van der Waals surface area contributed by atoms with Gasteiger partial charge in [-0.2, -0.15) is 0 Å². The Balaban J connectivity index is 1.79. The highest BCUT2D eigenvalue weighted by atomic mass is 16.7. The molecule has 1 aromatic rings. The third kappa shape index (κ3) is 4.06. The van der Waals surface area contributed by atoms with Crippen LogP contribution in [0.2, 0.25) is 0 Å². The minimum Gasteiger partial charge on any atom is -0.306 e. The summed E-state index contributed by atoms with van der Waals surface area (Å²) in [5.41, 5.74) is 3.63. The van der Waals surface area contributed by atoms with Gasteiger partial charge in [0.2, 0.25) is 0 Å². The van der Waals surface area contributed by atoms with Crippen molar-refractivity contribution >= 4 is 17.5 Å². The van der Waals surface area contributed by atoms with Gasteiger partial charge in [0, 0.05) is 11.3 Å². The van der Waals surface area contributed by atoms with Crippen molar-refractivity contribution in [2.24, 2.45) is 0 Å². The molecule has 2 rings (SSSR count). The molecule has 0 heterocycles. The second-order valence-electron chi connectivity index (χ2n) is 4.71. The molecule has 5 nitrogen and oxygen atoms in total. The normalized spacial score (nSPS) is 15.2. The summed E-state index contributed by atoms with van der Waals surface area (Å²) in [5.74, 6) is 0.000526. The molecule has 2 N–H and O–H groups in total. The number of Topliss-reactive ketones (excluding diaryl/α,β-unsaturated/α-hetero) is 1. The van der Waals surface area contributed by atoms with E-state index < -0.39 is 6.03 Å². The van der Waals surface area contributed by atoms with Gasteiger partial charge in [-0.1, -0.05) is 12.8 Å². The number of carbonyl (C=O) groups excluding carboxylic acids is 2. The Hall–Kier alpha value is -1.88. The van der Waals surface area contributed by atoms with E-state index in [0.29, 0.717) is 11.3 Å². The van der Waals surface area contributed by atoms with E-state index in [1.54, 1.807) is 24.3 Å². The van der Waals surface area contributed by atoms with Gasteiger partial charge in [0.15, 0.2) is 5.78 Å². The number of hydroxylamine groups is 1. The summed E-state index contributed by atoms with van der Waals surface area (Å²) in [4.78, 5) is 28.0. The first-order chi connectivity index (χ1) is 9.15. The molecule has 1 aliphatic rings. The minimum atomic E-state index is -0.400. The van der Waals surface area contributed by atoms with E-state index in [1.165, 1.54) is 6.92 Å². The number of urea groups is 1. The molecule has 0 radical (unpaired) electrons. The number of anilines is 1. The van der Waals surface area contributed by atoms with Gasteiger partial charge in [-0.15, -0.1) is 0 Å². The molecule has 2 amide bonds. The molecule has 1 saturated carbocycles. The van der Waals surface area contributed by atoms with Gasteiger partial charge in [0.25, 0.3) is 0 Å². The summed E-state index contributed by atoms with van der Waals surface area (Å²) in [6, 6.07) is 6.33. The van der Waals surface area contributed by atoms with E-state index in [2.05, 4.69) is 10.8 Å². The van der Waals surface area contributed by atoms with Crippen LogP contribution in [0.5, 0.6) is 0 Å². The molecule has 0 atom stereocenters. The Morgan fingerprint density at radius 2 is 1.79 bits per heavy atom. The van der Waals surface area contributed by atoms with Crippen molar-refractivity contribution in [1.29, 1.82) is 0 Å². The Bertz CT molecular complexity index is 450. The van der Waals surface area contributed by atoms with E-state index in [9.17, 15) is 9.59 Å². The van der Waals surface area contributed by atoms with Crippen molar-refractivity contribution in [3.8, 4) is 0 Å². The fraction of sp³-hybridized carbons (Fsp3) is 0.429. The van der Waals surface area contributed by atoms with Crippen LogP contribution in [0.15, 0.2) is 24.3 Å². The largest absolute Gasteiger partial charge is 0.343 e. The van der Waals surface area contributed by atoms with Gasteiger partial charge in [-0.3, -0.25) is 9.63 Å². The zero-order valence-electron chi connectivity index (χ0n) is 10.9. The predicted octanol–water partition coefficient (Wildman–Crippen LogP) is 2.88. The van der Waals surface area contributed by atoms with Crippen LogP contribution < -0.4 is 10.8 Å². The van der Waals surface area contributed by atoms with Gasteiger partial charge >= 0.3 is 6.03 Å².